The van der Waals surface area contributed by atoms with E-state index in [9.17, 15) is 0 Å². The van der Waals surface area contributed by atoms with Crippen LogP contribution in [0, 0.1) is 0 Å². The summed E-state index contributed by atoms with van der Waals surface area (Å²) >= 11 is 0. The number of furan rings is 1. The molecule has 1 aromatic heterocycles. The van der Waals surface area contributed by atoms with Crippen LogP contribution in [0.5, 0.6) is 0 Å². The van der Waals surface area contributed by atoms with Gasteiger partial charge in [0, 0.05) is 10.9 Å². The second-order valence-corrected chi connectivity index (χ2v) is 11.1. The highest BCUT2D eigenvalue weighted by Gasteiger charge is 2.23. The Labute approximate surface area is 238 Å². The minimum Gasteiger partial charge on any atom is -0.456 e. The lowest BCUT2D eigenvalue weighted by molar-refractivity contribution is 0.595. The van der Waals surface area contributed by atoms with Gasteiger partial charge < -0.3 is 4.42 Å². The zero-order chi connectivity index (χ0) is 26.9. The predicted octanol–water partition coefficient (Wildman–Crippen LogP) is 11.3. The summed E-state index contributed by atoms with van der Waals surface area (Å²) in [6.45, 7) is 0. The molecule has 1 heteroatoms. The van der Waals surface area contributed by atoms with Gasteiger partial charge in [-0.15, -0.1) is 0 Å². The third-order valence-electron chi connectivity index (χ3n) is 8.91. The molecule has 0 fully saturated rings. The van der Waals surface area contributed by atoms with Gasteiger partial charge in [-0.25, -0.2) is 0 Å². The molecule has 192 valence electrons. The van der Waals surface area contributed by atoms with E-state index in [2.05, 4.69) is 133 Å². The fourth-order valence-corrected chi connectivity index (χ4v) is 7.21. The standard InChI is InChI=1S/C40H26O/c1-2-13-26-25(12-1)24-35(28-15-4-3-14-27(26)28)39-31-18-7-5-16-29(31)38(30-17-6-8-19-32(30)39)34-21-11-23-37-40(34)33-20-9-10-22-36(33)41-37/h1-8,10-19,21-24H,9,20H2. The van der Waals surface area contributed by atoms with Crippen LogP contribution in [0.1, 0.15) is 17.7 Å². The van der Waals surface area contributed by atoms with E-state index in [4.69, 9.17) is 4.42 Å². The van der Waals surface area contributed by atoms with Gasteiger partial charge in [0.05, 0.1) is 0 Å². The van der Waals surface area contributed by atoms with Gasteiger partial charge in [-0.1, -0.05) is 115 Å². The summed E-state index contributed by atoms with van der Waals surface area (Å²) in [7, 11) is 0. The van der Waals surface area contributed by atoms with Crippen LogP contribution in [0.4, 0.5) is 0 Å². The van der Waals surface area contributed by atoms with Crippen molar-refractivity contribution in [3.8, 4) is 22.3 Å². The highest BCUT2D eigenvalue weighted by molar-refractivity contribution is 6.27. The van der Waals surface area contributed by atoms with E-state index >= 15 is 0 Å². The molecule has 1 aliphatic carbocycles. The highest BCUT2D eigenvalue weighted by Crippen LogP contribution is 2.48. The maximum absolute atomic E-state index is 6.37. The Morgan fingerprint density at radius 2 is 1.07 bits per heavy atom. The molecule has 0 aliphatic heterocycles. The van der Waals surface area contributed by atoms with Gasteiger partial charge in [0.15, 0.2) is 0 Å². The summed E-state index contributed by atoms with van der Waals surface area (Å²) in [4.78, 5) is 0. The first kappa shape index (κ1) is 22.7. The lowest BCUT2D eigenvalue weighted by atomic mass is 9.83. The molecular weight excluding hydrogens is 496 g/mol. The van der Waals surface area contributed by atoms with Gasteiger partial charge in [-0.2, -0.15) is 0 Å². The maximum Gasteiger partial charge on any atom is 0.135 e. The van der Waals surface area contributed by atoms with Crippen LogP contribution < -0.4 is 0 Å². The van der Waals surface area contributed by atoms with E-state index in [0.29, 0.717) is 0 Å². The van der Waals surface area contributed by atoms with Crippen molar-refractivity contribution in [3.05, 3.63) is 139 Å². The Bertz CT molecular complexity index is 2310. The van der Waals surface area contributed by atoms with Crippen LogP contribution in [0.3, 0.4) is 0 Å². The smallest absolute Gasteiger partial charge is 0.135 e. The Hall–Kier alpha value is -5.14. The zero-order valence-corrected chi connectivity index (χ0v) is 22.5. The number of allylic oxidation sites excluding steroid dienone is 1. The van der Waals surface area contributed by atoms with Crippen molar-refractivity contribution >= 4 is 60.1 Å². The normalized spacial score (nSPS) is 13.1. The summed E-state index contributed by atoms with van der Waals surface area (Å²) in [5.41, 5.74) is 7.42. The van der Waals surface area contributed by atoms with E-state index in [1.54, 1.807) is 0 Å². The molecule has 41 heavy (non-hydrogen) atoms. The quantitative estimate of drug-likeness (QED) is 0.163. The summed E-state index contributed by atoms with van der Waals surface area (Å²) in [5, 5.41) is 11.5. The van der Waals surface area contributed by atoms with Crippen LogP contribution >= 0.6 is 0 Å². The number of hydrogen-bond donors (Lipinski definition) is 0. The molecule has 0 bridgehead atoms. The van der Waals surface area contributed by atoms with Gasteiger partial charge in [0.2, 0.25) is 0 Å². The lowest BCUT2D eigenvalue weighted by Crippen LogP contribution is -1.94. The SMILES string of the molecule is C1=Cc2oc3cccc(-c4c5ccccc5c(-c5cc6ccccc6c6ccccc56)c5ccccc45)c3c2CC1. The van der Waals surface area contributed by atoms with Crippen molar-refractivity contribution < 1.29 is 4.42 Å². The van der Waals surface area contributed by atoms with Crippen molar-refractivity contribution in [1.82, 2.24) is 0 Å². The number of rotatable bonds is 2. The summed E-state index contributed by atoms with van der Waals surface area (Å²) in [6.07, 6.45) is 6.42. The molecule has 1 nitrogen and oxygen atoms in total. The largest absolute Gasteiger partial charge is 0.456 e. The molecule has 0 unspecified atom stereocenters. The number of aryl methyl sites for hydroxylation is 1. The second kappa shape index (κ2) is 8.68. The molecule has 8 aromatic rings. The Morgan fingerprint density at radius 3 is 1.78 bits per heavy atom. The molecule has 1 heterocycles. The predicted molar refractivity (Wildman–Crippen MR) is 174 cm³/mol. The summed E-state index contributed by atoms with van der Waals surface area (Å²) in [6, 6.07) is 44.5. The minimum atomic E-state index is 0.969. The molecule has 0 saturated heterocycles. The Kier molecular flexibility index (Phi) is 4.80. The third-order valence-corrected chi connectivity index (χ3v) is 8.91. The van der Waals surface area contributed by atoms with Crippen LogP contribution in [0.15, 0.2) is 132 Å². The van der Waals surface area contributed by atoms with Gasteiger partial charge in [0.25, 0.3) is 0 Å². The lowest BCUT2D eigenvalue weighted by Gasteiger charge is -2.20. The molecule has 0 atom stereocenters. The third kappa shape index (κ3) is 3.24. The molecule has 7 aromatic carbocycles. The average molecular weight is 523 g/mol. The average Bonchev–Trinajstić information content (AvgIpc) is 3.42. The molecule has 0 spiro atoms. The second-order valence-electron chi connectivity index (χ2n) is 11.1. The monoisotopic (exact) mass is 522 g/mol. The Balaban J connectivity index is 1.47. The molecule has 0 saturated carbocycles. The van der Waals surface area contributed by atoms with Gasteiger partial charge in [0.1, 0.15) is 11.3 Å². The van der Waals surface area contributed by atoms with E-state index in [-0.39, 0.29) is 0 Å². The van der Waals surface area contributed by atoms with Crippen molar-refractivity contribution in [2.45, 2.75) is 12.8 Å². The fraction of sp³-hybridized carbons (Fsp3) is 0.0500. The molecule has 0 amide bonds. The van der Waals surface area contributed by atoms with Crippen LogP contribution in [-0.4, -0.2) is 0 Å². The summed E-state index contributed by atoms with van der Waals surface area (Å²) < 4.78 is 6.37. The molecule has 9 rings (SSSR count). The van der Waals surface area contributed by atoms with Crippen molar-refractivity contribution in [3.63, 3.8) is 0 Å². The summed E-state index contributed by atoms with van der Waals surface area (Å²) in [5.74, 6) is 1.01. The maximum atomic E-state index is 6.37. The first-order chi connectivity index (χ1) is 20.4. The van der Waals surface area contributed by atoms with Crippen LogP contribution in [-0.2, 0) is 6.42 Å². The zero-order valence-electron chi connectivity index (χ0n) is 22.5. The van der Waals surface area contributed by atoms with Crippen molar-refractivity contribution in [1.29, 1.82) is 0 Å². The topological polar surface area (TPSA) is 13.1 Å². The molecular formula is C40H26O. The number of benzene rings is 7. The number of hydrogen-bond acceptors (Lipinski definition) is 1. The van der Waals surface area contributed by atoms with Crippen molar-refractivity contribution in [2.75, 3.05) is 0 Å². The van der Waals surface area contributed by atoms with E-state index in [0.717, 1.165) is 24.2 Å². The Morgan fingerprint density at radius 1 is 0.488 bits per heavy atom. The minimum absolute atomic E-state index is 0.969. The first-order valence-corrected chi connectivity index (χ1v) is 14.4. The highest BCUT2D eigenvalue weighted by atomic mass is 16.3. The molecule has 0 N–H and O–H groups in total. The molecule has 1 aliphatic rings. The van der Waals surface area contributed by atoms with Gasteiger partial charge in [-0.3, -0.25) is 0 Å². The van der Waals surface area contributed by atoms with E-state index in [1.165, 1.54) is 76.3 Å². The van der Waals surface area contributed by atoms with Gasteiger partial charge >= 0.3 is 0 Å². The fourth-order valence-electron chi connectivity index (χ4n) is 7.21. The molecule has 0 radical (unpaired) electrons. The van der Waals surface area contributed by atoms with E-state index in [1.807, 2.05) is 0 Å². The van der Waals surface area contributed by atoms with Crippen LogP contribution in [0.2, 0.25) is 0 Å². The number of fused-ring (bicyclic) bond motifs is 8. The van der Waals surface area contributed by atoms with Crippen molar-refractivity contribution in [2.24, 2.45) is 0 Å². The van der Waals surface area contributed by atoms with Gasteiger partial charge in [-0.05, 0) is 96.4 Å². The van der Waals surface area contributed by atoms with Crippen LogP contribution in [0.25, 0.3) is 82.4 Å². The van der Waals surface area contributed by atoms with E-state index < -0.39 is 0 Å². The first-order valence-electron chi connectivity index (χ1n) is 14.4.